The van der Waals surface area contributed by atoms with E-state index in [1.165, 1.54) is 10.4 Å². The van der Waals surface area contributed by atoms with E-state index in [0.717, 1.165) is 41.7 Å². The molecule has 2 N–H and O–H groups in total. The Bertz CT molecular complexity index is 1630. The fraction of sp³-hybridized carbons (Fsp3) is 0.371. The number of benzene rings is 2. The maximum Gasteiger partial charge on any atom is 0.261 e. The van der Waals surface area contributed by atoms with Crippen molar-refractivity contribution in [1.29, 1.82) is 0 Å². The molecule has 2 aromatic carbocycles. The van der Waals surface area contributed by atoms with Crippen LogP contribution in [0.5, 0.6) is 5.75 Å². The van der Waals surface area contributed by atoms with E-state index in [-0.39, 0.29) is 17.7 Å². The number of aliphatic hydroxyl groups excluding tert-OH is 1. The molecule has 0 bridgehead atoms. The third-order valence-electron chi connectivity index (χ3n) is 8.31. The van der Waals surface area contributed by atoms with E-state index in [9.17, 15) is 5.11 Å². The lowest BCUT2D eigenvalue weighted by molar-refractivity contribution is 0.275. The number of aliphatic hydroxyl groups is 1. The molecule has 0 spiro atoms. The largest absolute Gasteiger partial charge is 0.496 e. The molecule has 3 aromatic heterocycles. The third-order valence-corrected chi connectivity index (χ3v) is 13.4. The summed E-state index contributed by atoms with van der Waals surface area (Å²) in [5.41, 5.74) is 2.97. The van der Waals surface area contributed by atoms with Crippen LogP contribution in [0.3, 0.4) is 0 Å². The topological polar surface area (TPSA) is 107 Å². The van der Waals surface area contributed by atoms with Gasteiger partial charge < -0.3 is 19.6 Å². The Balaban J connectivity index is 1.41. The molecule has 1 atom stereocenters. The summed E-state index contributed by atoms with van der Waals surface area (Å²) in [4.78, 5) is 13.5. The number of fused-ring (bicyclic) bond motifs is 1. The summed E-state index contributed by atoms with van der Waals surface area (Å²) in [5.74, 6) is 1.38. The lowest BCUT2D eigenvalue weighted by Gasteiger charge is -2.43. The molecular weight excluding hydrogens is 581 g/mol. The Labute approximate surface area is 266 Å². The van der Waals surface area contributed by atoms with Gasteiger partial charge in [-0.2, -0.15) is 5.10 Å². The van der Waals surface area contributed by atoms with Gasteiger partial charge in [-0.1, -0.05) is 94.8 Å². The Kier molecular flexibility index (Phi) is 10.3. The van der Waals surface area contributed by atoms with E-state index in [1.54, 1.807) is 31.9 Å². The van der Waals surface area contributed by atoms with E-state index in [2.05, 4.69) is 114 Å². The molecule has 0 radical (unpaired) electrons. The second kappa shape index (κ2) is 14.3. The van der Waals surface area contributed by atoms with Crippen molar-refractivity contribution in [3.05, 3.63) is 96.7 Å². The van der Waals surface area contributed by atoms with Gasteiger partial charge in [-0.15, -0.1) is 0 Å². The van der Waals surface area contributed by atoms with Crippen LogP contribution in [0, 0.1) is 0 Å². The standard InChI is InChI=1S/C35H44N6O3Si/c1-6-13-27(18-19-44-45(35(2,3)4,29-14-9-7-10-15-29)30-16-11-8-12-17-30)40-34-33-31(37-25-38-34)22-39-41(33)23-26-21-36-28(24-42)20-32(26)43-5/h7-12,14-17,20-22,25,27,42H,6,13,18-19,23-24H2,1-5H3,(H,37,38,40)/t27-/m0/s1. The fourth-order valence-electron chi connectivity index (χ4n) is 6.16. The number of hydrogen-bond donors (Lipinski definition) is 2. The molecule has 10 heteroatoms. The van der Waals surface area contributed by atoms with Crippen molar-refractivity contribution in [3.8, 4) is 5.75 Å². The molecule has 0 saturated heterocycles. The maximum atomic E-state index is 9.50. The summed E-state index contributed by atoms with van der Waals surface area (Å²) in [5, 5.41) is 20.3. The number of methoxy groups -OCH3 is 1. The van der Waals surface area contributed by atoms with Gasteiger partial charge in [0.25, 0.3) is 8.32 Å². The lowest BCUT2D eigenvalue weighted by atomic mass is 10.1. The number of pyridine rings is 1. The number of aromatic nitrogens is 5. The van der Waals surface area contributed by atoms with Crippen LogP contribution in [0.25, 0.3) is 11.0 Å². The first-order valence-electron chi connectivity index (χ1n) is 15.6. The van der Waals surface area contributed by atoms with Crippen molar-refractivity contribution in [1.82, 2.24) is 24.7 Å². The van der Waals surface area contributed by atoms with Gasteiger partial charge in [0.15, 0.2) is 5.82 Å². The minimum Gasteiger partial charge on any atom is -0.496 e. The molecule has 0 saturated carbocycles. The van der Waals surface area contributed by atoms with E-state index in [0.29, 0.717) is 24.6 Å². The van der Waals surface area contributed by atoms with Gasteiger partial charge >= 0.3 is 0 Å². The van der Waals surface area contributed by atoms with Gasteiger partial charge in [-0.05, 0) is 28.3 Å². The minimum atomic E-state index is -2.63. The summed E-state index contributed by atoms with van der Waals surface area (Å²) in [6, 6.07) is 23.4. The average molecular weight is 625 g/mol. The zero-order chi connectivity index (χ0) is 31.9. The summed E-state index contributed by atoms with van der Waals surface area (Å²) in [7, 11) is -1.02. The van der Waals surface area contributed by atoms with E-state index < -0.39 is 8.32 Å². The van der Waals surface area contributed by atoms with Crippen molar-refractivity contribution in [3.63, 3.8) is 0 Å². The van der Waals surface area contributed by atoms with Gasteiger partial charge in [0, 0.05) is 30.5 Å². The fourth-order valence-corrected chi connectivity index (χ4v) is 10.7. The molecular formula is C35H44N6O3Si. The van der Waals surface area contributed by atoms with Crippen LogP contribution in [-0.4, -0.2) is 57.9 Å². The van der Waals surface area contributed by atoms with Crippen LogP contribution in [-0.2, 0) is 17.6 Å². The van der Waals surface area contributed by atoms with Crippen LogP contribution >= 0.6 is 0 Å². The smallest absolute Gasteiger partial charge is 0.261 e. The van der Waals surface area contributed by atoms with E-state index in [4.69, 9.17) is 9.16 Å². The number of nitrogens with zero attached hydrogens (tertiary/aromatic N) is 5. The summed E-state index contributed by atoms with van der Waals surface area (Å²) < 4.78 is 14.7. The Hall–Kier alpha value is -4.12. The van der Waals surface area contributed by atoms with E-state index in [1.807, 2.05) is 4.68 Å². The average Bonchev–Trinajstić information content (AvgIpc) is 3.47. The molecule has 0 amide bonds. The molecule has 0 aliphatic heterocycles. The molecule has 236 valence electrons. The molecule has 5 aromatic rings. The van der Waals surface area contributed by atoms with Gasteiger partial charge in [0.1, 0.15) is 23.1 Å². The summed E-state index contributed by atoms with van der Waals surface area (Å²) in [6.07, 6.45) is 7.85. The molecule has 9 nitrogen and oxygen atoms in total. The zero-order valence-electron chi connectivity index (χ0n) is 26.9. The van der Waals surface area contributed by atoms with Crippen LogP contribution in [0.15, 0.2) is 85.5 Å². The summed E-state index contributed by atoms with van der Waals surface area (Å²) >= 11 is 0. The Morgan fingerprint density at radius 2 is 1.62 bits per heavy atom. The van der Waals surface area contributed by atoms with Gasteiger partial charge in [-0.25, -0.2) is 9.97 Å². The highest BCUT2D eigenvalue weighted by atomic mass is 28.4. The van der Waals surface area contributed by atoms with Crippen LogP contribution < -0.4 is 20.4 Å². The Morgan fingerprint density at radius 1 is 0.933 bits per heavy atom. The predicted molar refractivity (Wildman–Crippen MR) is 182 cm³/mol. The number of hydrogen-bond acceptors (Lipinski definition) is 8. The monoisotopic (exact) mass is 624 g/mol. The first kappa shape index (κ1) is 32.3. The van der Waals surface area contributed by atoms with Crippen molar-refractivity contribution in [2.24, 2.45) is 0 Å². The van der Waals surface area contributed by atoms with Crippen molar-refractivity contribution in [2.45, 2.75) is 71.2 Å². The second-order valence-corrected chi connectivity index (χ2v) is 16.6. The minimum absolute atomic E-state index is 0.0833. The number of anilines is 1. The van der Waals surface area contributed by atoms with Crippen LogP contribution in [0.1, 0.15) is 58.2 Å². The van der Waals surface area contributed by atoms with Gasteiger partial charge in [0.05, 0.1) is 32.2 Å². The maximum absolute atomic E-state index is 9.50. The van der Waals surface area contributed by atoms with Gasteiger partial charge in [-0.3, -0.25) is 9.67 Å². The molecule has 0 aliphatic carbocycles. The highest BCUT2D eigenvalue weighted by molar-refractivity contribution is 6.99. The second-order valence-electron chi connectivity index (χ2n) is 12.3. The van der Waals surface area contributed by atoms with Crippen molar-refractivity contribution < 1.29 is 14.3 Å². The Morgan fingerprint density at radius 3 is 2.22 bits per heavy atom. The first-order valence-corrected chi connectivity index (χ1v) is 17.5. The summed E-state index contributed by atoms with van der Waals surface area (Å²) in [6.45, 7) is 10.0. The zero-order valence-corrected chi connectivity index (χ0v) is 27.9. The highest BCUT2D eigenvalue weighted by Gasteiger charge is 2.50. The van der Waals surface area contributed by atoms with Gasteiger partial charge in [0.2, 0.25) is 0 Å². The first-order chi connectivity index (χ1) is 21.8. The van der Waals surface area contributed by atoms with Crippen LogP contribution in [0.4, 0.5) is 5.82 Å². The van der Waals surface area contributed by atoms with E-state index >= 15 is 0 Å². The highest BCUT2D eigenvalue weighted by Crippen LogP contribution is 2.37. The number of nitrogens with one attached hydrogen (secondary N) is 1. The predicted octanol–water partition coefficient (Wildman–Crippen LogP) is 5.32. The molecule has 3 heterocycles. The SMILES string of the molecule is CCC[C@@H](CCO[Si](c1ccccc1)(c1ccccc1)C(C)(C)C)Nc1ncnc2cnn(Cc3cnc(CO)cc3OC)c12. The van der Waals surface area contributed by atoms with Crippen molar-refractivity contribution >= 4 is 35.5 Å². The molecule has 0 unspecified atom stereocenters. The number of ether oxygens (including phenoxy) is 1. The van der Waals surface area contributed by atoms with Crippen LogP contribution in [0.2, 0.25) is 5.04 Å². The number of rotatable bonds is 14. The normalized spacial score (nSPS) is 12.8. The molecule has 0 fully saturated rings. The molecule has 5 rings (SSSR count). The lowest BCUT2D eigenvalue weighted by Crippen LogP contribution is -2.66. The molecule has 45 heavy (non-hydrogen) atoms. The molecule has 0 aliphatic rings. The third kappa shape index (κ3) is 6.93. The quantitative estimate of drug-likeness (QED) is 0.160. The van der Waals surface area contributed by atoms with Crippen molar-refractivity contribution in [2.75, 3.05) is 19.0 Å².